The van der Waals surface area contributed by atoms with Gasteiger partial charge in [0.05, 0.1) is 11.8 Å². The number of allylic oxidation sites excluding steroid dienone is 9. The molecule has 3 aliphatic heterocycles. The molecule has 5 nitrogen and oxygen atoms in total. The van der Waals surface area contributed by atoms with E-state index in [9.17, 15) is 0 Å². The maximum absolute atomic E-state index is 6.65. The first-order chi connectivity index (χ1) is 29.7. The molecule has 5 aromatic rings. The van der Waals surface area contributed by atoms with Crippen molar-refractivity contribution in [2.75, 3.05) is 9.80 Å². The number of benzene rings is 4. The predicted octanol–water partition coefficient (Wildman–Crippen LogP) is 13.6. The number of aliphatic imine (C=N–C) groups is 1. The Labute approximate surface area is 352 Å². The van der Waals surface area contributed by atoms with E-state index in [0.29, 0.717) is 0 Å². The van der Waals surface area contributed by atoms with Gasteiger partial charge < -0.3 is 19.0 Å². The Morgan fingerprint density at radius 2 is 1.63 bits per heavy atom. The lowest BCUT2D eigenvalue weighted by Crippen LogP contribution is -2.50. The SMILES string of the molecule is C=Cc1c(C=CC)oc2c(C3C=CC(N(c4ccc(-c5ccccc5)cc4)c4ccc(N5C6C=CCC=C6C6=NC5C5=C(C=C6)OC6CCC=CC56)cc4)=CC3)cccc12. The molecule has 11 rings (SSSR count). The Bertz CT molecular complexity index is 2790. The van der Waals surface area contributed by atoms with Gasteiger partial charge in [0.25, 0.3) is 0 Å². The molecule has 5 unspecified atom stereocenters. The van der Waals surface area contributed by atoms with Crippen LogP contribution in [0.25, 0.3) is 34.2 Å². The fourth-order valence-electron chi connectivity index (χ4n) is 10.1. The van der Waals surface area contributed by atoms with Crippen LogP contribution in [0.5, 0.6) is 0 Å². The minimum absolute atomic E-state index is 0.0861. The summed E-state index contributed by atoms with van der Waals surface area (Å²) in [6, 6.07) is 35.2. The van der Waals surface area contributed by atoms with Crippen LogP contribution in [0.4, 0.5) is 17.1 Å². The summed E-state index contributed by atoms with van der Waals surface area (Å²) in [5, 5.41) is 1.10. The van der Waals surface area contributed by atoms with Crippen LogP contribution < -0.4 is 9.80 Å². The summed E-state index contributed by atoms with van der Waals surface area (Å²) in [5.41, 5.74) is 13.6. The number of nitrogens with zero attached hydrogens (tertiary/aromatic N) is 3. The molecule has 1 aromatic heterocycles. The van der Waals surface area contributed by atoms with Crippen LogP contribution in [0, 0.1) is 5.92 Å². The molecule has 0 N–H and O–H groups in total. The van der Waals surface area contributed by atoms with E-state index in [1.807, 2.05) is 25.2 Å². The molecular weight excluding hydrogens is 735 g/mol. The van der Waals surface area contributed by atoms with E-state index in [4.69, 9.17) is 14.1 Å². The van der Waals surface area contributed by atoms with Crippen LogP contribution in [-0.2, 0) is 4.74 Å². The van der Waals surface area contributed by atoms with Crippen molar-refractivity contribution in [3.8, 4) is 11.1 Å². The second-order valence-corrected chi connectivity index (χ2v) is 16.3. The van der Waals surface area contributed by atoms with Gasteiger partial charge in [0.2, 0.25) is 0 Å². The molecule has 0 fully saturated rings. The molecule has 2 bridgehead atoms. The average molecular weight is 782 g/mol. The van der Waals surface area contributed by atoms with E-state index < -0.39 is 0 Å². The first-order valence-corrected chi connectivity index (χ1v) is 21.4. The van der Waals surface area contributed by atoms with E-state index >= 15 is 0 Å². The molecule has 4 aromatic carbocycles. The van der Waals surface area contributed by atoms with Crippen LogP contribution in [0.2, 0.25) is 0 Å². The minimum Gasteiger partial charge on any atom is -0.489 e. The highest BCUT2D eigenvalue weighted by atomic mass is 16.5. The number of rotatable bonds is 8. The molecule has 0 amide bonds. The Morgan fingerprint density at radius 3 is 2.42 bits per heavy atom. The van der Waals surface area contributed by atoms with E-state index in [1.54, 1.807) is 0 Å². The lowest BCUT2D eigenvalue weighted by Gasteiger charge is -2.44. The summed E-state index contributed by atoms with van der Waals surface area (Å²) < 4.78 is 13.1. The van der Waals surface area contributed by atoms with Crippen molar-refractivity contribution in [3.63, 3.8) is 0 Å². The van der Waals surface area contributed by atoms with Gasteiger partial charge in [-0.25, -0.2) is 0 Å². The highest BCUT2D eigenvalue weighted by Crippen LogP contribution is 2.47. The highest BCUT2D eigenvalue weighted by molar-refractivity contribution is 6.12. The van der Waals surface area contributed by atoms with Crippen molar-refractivity contribution in [1.29, 1.82) is 0 Å². The molecule has 4 heterocycles. The van der Waals surface area contributed by atoms with Crippen molar-refractivity contribution in [3.05, 3.63) is 210 Å². The van der Waals surface area contributed by atoms with Gasteiger partial charge >= 0.3 is 0 Å². The smallest absolute Gasteiger partial charge is 0.149 e. The van der Waals surface area contributed by atoms with E-state index in [0.717, 1.165) is 82.2 Å². The summed E-state index contributed by atoms with van der Waals surface area (Å²) in [6.07, 6.45) is 32.8. The monoisotopic (exact) mass is 781 g/mol. The third-order valence-corrected chi connectivity index (χ3v) is 12.9. The molecule has 294 valence electrons. The Hall–Kier alpha value is -6.85. The van der Waals surface area contributed by atoms with Crippen LogP contribution >= 0.6 is 0 Å². The third kappa shape index (κ3) is 6.11. The van der Waals surface area contributed by atoms with Crippen LogP contribution in [-0.4, -0.2) is 24.0 Å². The first kappa shape index (κ1) is 36.2. The Kier molecular flexibility index (Phi) is 9.10. The third-order valence-electron chi connectivity index (χ3n) is 12.9. The number of para-hydroxylation sites is 1. The topological polar surface area (TPSA) is 41.2 Å². The zero-order valence-electron chi connectivity index (χ0n) is 33.8. The summed E-state index contributed by atoms with van der Waals surface area (Å²) >= 11 is 0. The standard InChI is InChI=1S/C55H47N3O2/c1-3-13-50-43(4-2)45-19-12-18-44(54(45)60-50)38-24-28-40(29-25-38)57(39-26-22-37(23-27-39)36-14-6-5-7-15-36)41-30-32-42(33-31-41)58-49-20-10-8-16-46(49)48-34-35-52-53(55(58)56-48)47-17-9-11-21-51(47)59-52/h3-7,9-10,12-20,22-24,26-35,38,47,49,51,55H,2,8,11,21,25H2,1H3. The number of anilines is 3. The van der Waals surface area contributed by atoms with Gasteiger partial charge in [-0.3, -0.25) is 4.99 Å². The maximum atomic E-state index is 6.65. The maximum Gasteiger partial charge on any atom is 0.149 e. The highest BCUT2D eigenvalue weighted by Gasteiger charge is 2.46. The summed E-state index contributed by atoms with van der Waals surface area (Å²) in [5.74, 6) is 2.25. The van der Waals surface area contributed by atoms with Crippen molar-refractivity contribution >= 4 is 45.9 Å². The molecule has 5 heteroatoms. The average Bonchev–Trinajstić information content (AvgIpc) is 3.82. The quantitative estimate of drug-likeness (QED) is 0.147. The zero-order valence-corrected chi connectivity index (χ0v) is 33.8. The normalized spacial score (nSPS) is 23.7. The molecule has 5 atom stereocenters. The number of hydrogen-bond donors (Lipinski definition) is 0. The lowest BCUT2D eigenvalue weighted by atomic mass is 9.84. The van der Waals surface area contributed by atoms with Crippen LogP contribution in [0.15, 0.2) is 202 Å². The van der Waals surface area contributed by atoms with Crippen molar-refractivity contribution in [1.82, 2.24) is 0 Å². The second kappa shape index (κ2) is 15.1. The molecule has 0 spiro atoms. The minimum atomic E-state index is -0.156. The Balaban J connectivity index is 0.961. The van der Waals surface area contributed by atoms with Crippen LogP contribution in [0.1, 0.15) is 55.4 Å². The molecule has 0 saturated heterocycles. The van der Waals surface area contributed by atoms with Gasteiger partial charge in [-0.2, -0.15) is 0 Å². The van der Waals surface area contributed by atoms with Gasteiger partial charge in [-0.05, 0) is 104 Å². The summed E-state index contributed by atoms with van der Waals surface area (Å²) in [4.78, 5) is 10.4. The molecule has 6 aliphatic rings. The van der Waals surface area contributed by atoms with E-state index in [2.05, 4.69) is 174 Å². The molecule has 0 saturated carbocycles. The molecule has 0 radical (unpaired) electrons. The van der Waals surface area contributed by atoms with E-state index in [-0.39, 0.29) is 30.1 Å². The lowest BCUT2D eigenvalue weighted by molar-refractivity contribution is 0.120. The van der Waals surface area contributed by atoms with E-state index in [1.165, 1.54) is 27.8 Å². The molecule has 60 heavy (non-hydrogen) atoms. The van der Waals surface area contributed by atoms with Crippen molar-refractivity contribution < 1.29 is 9.15 Å². The number of ether oxygens (including phenoxy) is 1. The van der Waals surface area contributed by atoms with Gasteiger partial charge in [-0.15, -0.1) is 0 Å². The fourth-order valence-corrected chi connectivity index (χ4v) is 10.1. The largest absolute Gasteiger partial charge is 0.489 e. The second-order valence-electron chi connectivity index (χ2n) is 16.3. The number of hydrogen-bond acceptors (Lipinski definition) is 5. The summed E-state index contributed by atoms with van der Waals surface area (Å²) in [6.45, 7) is 6.11. The zero-order chi connectivity index (χ0) is 40.2. The van der Waals surface area contributed by atoms with Crippen LogP contribution in [0.3, 0.4) is 0 Å². The van der Waals surface area contributed by atoms with Gasteiger partial charge in [0.15, 0.2) is 0 Å². The summed E-state index contributed by atoms with van der Waals surface area (Å²) in [7, 11) is 0. The van der Waals surface area contributed by atoms with Crippen molar-refractivity contribution in [2.24, 2.45) is 10.9 Å². The number of furan rings is 1. The molecular formula is C55H47N3O2. The van der Waals surface area contributed by atoms with Gasteiger partial charge in [0.1, 0.15) is 29.4 Å². The number of fused-ring (bicyclic) bond motifs is 7. The van der Waals surface area contributed by atoms with Gasteiger partial charge in [0, 0.05) is 62.3 Å². The predicted molar refractivity (Wildman–Crippen MR) is 248 cm³/mol. The molecule has 3 aliphatic carbocycles. The van der Waals surface area contributed by atoms with Gasteiger partial charge in [-0.1, -0.05) is 122 Å². The Morgan fingerprint density at radius 1 is 0.817 bits per heavy atom. The van der Waals surface area contributed by atoms with Crippen molar-refractivity contribution in [2.45, 2.75) is 56.8 Å². The first-order valence-electron chi connectivity index (χ1n) is 21.4. The fraction of sp³-hybridized carbons (Fsp3) is 0.182.